The normalized spacial score (nSPS) is 10.1. The molecule has 4 heteroatoms. The number of nitrogens with one attached hydrogen (secondary N) is 1. The first-order valence-corrected chi connectivity index (χ1v) is 4.87. The van der Waals surface area contributed by atoms with Crippen molar-refractivity contribution in [3.05, 3.63) is 42.5 Å². The number of carbonyl (C=O) groups is 1. The van der Waals surface area contributed by atoms with Crippen molar-refractivity contribution in [2.24, 2.45) is 5.10 Å². The van der Waals surface area contributed by atoms with Crippen molar-refractivity contribution >= 4 is 17.8 Å². The fraction of sp³-hybridized carbons (Fsp3) is 0.167. The summed E-state index contributed by atoms with van der Waals surface area (Å²) in [5.41, 5.74) is 4.02. The summed E-state index contributed by atoms with van der Waals surface area (Å²) >= 11 is 0. The third-order valence-corrected chi connectivity index (χ3v) is 1.99. The van der Waals surface area contributed by atoms with Gasteiger partial charge in [-0.2, -0.15) is 5.10 Å². The lowest BCUT2D eigenvalue weighted by Gasteiger charge is -2.12. The molecule has 0 aliphatic rings. The molecule has 0 unspecified atom stereocenters. The van der Waals surface area contributed by atoms with Crippen molar-refractivity contribution in [1.29, 1.82) is 0 Å². The molecule has 1 amide bonds. The number of hydrogen-bond acceptors (Lipinski definition) is 3. The van der Waals surface area contributed by atoms with Gasteiger partial charge in [0.15, 0.2) is 0 Å². The van der Waals surface area contributed by atoms with Gasteiger partial charge in [-0.25, -0.2) is 5.43 Å². The lowest BCUT2D eigenvalue weighted by atomic mass is 10.2. The minimum absolute atomic E-state index is 0.233. The van der Waals surface area contributed by atoms with Crippen molar-refractivity contribution in [3.63, 3.8) is 0 Å². The molecule has 0 fully saturated rings. The summed E-state index contributed by atoms with van der Waals surface area (Å²) in [4.78, 5) is 13.5. The van der Waals surface area contributed by atoms with E-state index in [-0.39, 0.29) is 5.91 Å². The fourth-order valence-electron chi connectivity index (χ4n) is 1.12. The Balaban J connectivity index is 2.70. The molecule has 0 aliphatic carbocycles. The maximum atomic E-state index is 11.5. The van der Waals surface area contributed by atoms with E-state index in [2.05, 4.69) is 17.1 Å². The lowest BCUT2D eigenvalue weighted by Crippen LogP contribution is -2.17. The van der Waals surface area contributed by atoms with Gasteiger partial charge in [0.05, 0.1) is 0 Å². The Bertz CT molecular complexity index is 393. The molecule has 1 rings (SSSR count). The largest absolute Gasteiger partial charge is 0.378 e. The Morgan fingerprint density at radius 3 is 2.50 bits per heavy atom. The lowest BCUT2D eigenvalue weighted by molar-refractivity contribution is 0.0955. The molecule has 0 radical (unpaired) electrons. The number of amides is 1. The van der Waals surface area contributed by atoms with Crippen molar-refractivity contribution in [3.8, 4) is 0 Å². The molecule has 1 aromatic rings. The van der Waals surface area contributed by atoms with Crippen LogP contribution in [-0.4, -0.2) is 26.2 Å². The summed E-state index contributed by atoms with van der Waals surface area (Å²) in [5.74, 6) is -0.233. The number of carbonyl (C=O) groups excluding carboxylic acids is 1. The second kappa shape index (κ2) is 5.70. The van der Waals surface area contributed by atoms with E-state index in [9.17, 15) is 4.79 Å². The summed E-state index contributed by atoms with van der Waals surface area (Å²) < 4.78 is 0. The Hall–Kier alpha value is -2.10. The summed E-state index contributed by atoms with van der Waals surface area (Å²) in [6.45, 7) is 3.46. The highest BCUT2D eigenvalue weighted by Gasteiger charge is 2.03. The van der Waals surface area contributed by atoms with Crippen LogP contribution in [-0.2, 0) is 0 Å². The van der Waals surface area contributed by atoms with Crippen LogP contribution in [0.2, 0.25) is 0 Å². The second-order valence-corrected chi connectivity index (χ2v) is 3.40. The van der Waals surface area contributed by atoms with Gasteiger partial charge in [-0.1, -0.05) is 6.58 Å². The fourth-order valence-corrected chi connectivity index (χ4v) is 1.12. The predicted molar refractivity (Wildman–Crippen MR) is 66.9 cm³/mol. The molecule has 0 atom stereocenters. The van der Waals surface area contributed by atoms with Crippen molar-refractivity contribution in [2.75, 3.05) is 19.0 Å². The number of nitrogens with zero attached hydrogens (tertiary/aromatic N) is 2. The van der Waals surface area contributed by atoms with Gasteiger partial charge >= 0.3 is 0 Å². The van der Waals surface area contributed by atoms with E-state index < -0.39 is 0 Å². The molecule has 0 aliphatic heterocycles. The molecule has 1 N–H and O–H groups in total. The number of allylic oxidation sites excluding steroid dienone is 1. The summed E-state index contributed by atoms with van der Waals surface area (Å²) in [7, 11) is 3.90. The third-order valence-electron chi connectivity index (χ3n) is 1.99. The van der Waals surface area contributed by atoms with E-state index in [4.69, 9.17) is 0 Å². The van der Waals surface area contributed by atoms with Gasteiger partial charge in [-0.05, 0) is 30.3 Å². The molecule has 0 saturated heterocycles. The minimum Gasteiger partial charge on any atom is -0.378 e. The quantitative estimate of drug-likeness (QED) is 0.615. The van der Waals surface area contributed by atoms with Crippen LogP contribution in [0.5, 0.6) is 0 Å². The monoisotopic (exact) mass is 217 g/mol. The van der Waals surface area contributed by atoms with Crippen molar-refractivity contribution in [2.45, 2.75) is 0 Å². The zero-order chi connectivity index (χ0) is 12.0. The van der Waals surface area contributed by atoms with Crippen LogP contribution in [0.3, 0.4) is 0 Å². The Morgan fingerprint density at radius 1 is 1.38 bits per heavy atom. The van der Waals surface area contributed by atoms with Gasteiger partial charge in [-0.15, -0.1) is 0 Å². The zero-order valence-electron chi connectivity index (χ0n) is 9.47. The van der Waals surface area contributed by atoms with E-state index in [1.54, 1.807) is 12.1 Å². The molecule has 0 saturated carbocycles. The minimum atomic E-state index is -0.233. The van der Waals surface area contributed by atoms with Gasteiger partial charge in [0.1, 0.15) is 0 Å². The van der Waals surface area contributed by atoms with Gasteiger partial charge in [0.25, 0.3) is 5.91 Å². The van der Waals surface area contributed by atoms with Gasteiger partial charge in [-0.3, -0.25) is 4.79 Å². The van der Waals surface area contributed by atoms with Crippen LogP contribution in [0, 0.1) is 0 Å². The van der Waals surface area contributed by atoms with Crippen LogP contribution < -0.4 is 10.3 Å². The summed E-state index contributed by atoms with van der Waals surface area (Å²) in [6, 6.07) is 7.28. The summed E-state index contributed by atoms with van der Waals surface area (Å²) in [5, 5.41) is 3.67. The average Bonchev–Trinajstić information content (AvgIpc) is 2.29. The summed E-state index contributed by atoms with van der Waals surface area (Å²) in [6.07, 6.45) is 2.92. The molecule has 4 nitrogen and oxygen atoms in total. The molecule has 0 aromatic heterocycles. The highest BCUT2D eigenvalue weighted by Crippen LogP contribution is 2.11. The first kappa shape index (κ1) is 12.0. The number of benzene rings is 1. The van der Waals surface area contributed by atoms with E-state index in [1.165, 1.54) is 12.3 Å². The molecule has 0 spiro atoms. The topological polar surface area (TPSA) is 44.7 Å². The molecular weight excluding hydrogens is 202 g/mol. The standard InChI is InChI=1S/C12H15N3O/c1-4-9-13-14-12(16)10-5-7-11(8-6-10)15(2)3/h4-9H,1H2,2-3H3,(H,14,16)/b13-9+. The first-order valence-electron chi connectivity index (χ1n) is 4.87. The Kier molecular flexibility index (Phi) is 4.27. The van der Waals surface area contributed by atoms with Crippen molar-refractivity contribution in [1.82, 2.24) is 5.43 Å². The highest BCUT2D eigenvalue weighted by atomic mass is 16.2. The molecule has 16 heavy (non-hydrogen) atoms. The molecule has 1 aromatic carbocycles. The van der Waals surface area contributed by atoms with E-state index >= 15 is 0 Å². The maximum Gasteiger partial charge on any atom is 0.271 e. The van der Waals surface area contributed by atoms with E-state index in [0.29, 0.717) is 5.56 Å². The smallest absolute Gasteiger partial charge is 0.271 e. The highest BCUT2D eigenvalue weighted by molar-refractivity contribution is 5.94. The number of hydrazone groups is 1. The predicted octanol–water partition coefficient (Wildman–Crippen LogP) is 1.65. The van der Waals surface area contributed by atoms with Crippen LogP contribution in [0.1, 0.15) is 10.4 Å². The van der Waals surface area contributed by atoms with Crippen LogP contribution >= 0.6 is 0 Å². The van der Waals surface area contributed by atoms with Gasteiger partial charge in [0.2, 0.25) is 0 Å². The molecular formula is C12H15N3O. The zero-order valence-corrected chi connectivity index (χ0v) is 9.47. The maximum absolute atomic E-state index is 11.5. The number of hydrogen-bond donors (Lipinski definition) is 1. The Morgan fingerprint density at radius 2 is 2.00 bits per heavy atom. The van der Waals surface area contributed by atoms with Gasteiger partial charge < -0.3 is 4.90 Å². The third kappa shape index (κ3) is 3.24. The van der Waals surface area contributed by atoms with Crippen molar-refractivity contribution < 1.29 is 4.79 Å². The van der Waals surface area contributed by atoms with Crippen LogP contribution in [0.4, 0.5) is 5.69 Å². The Labute approximate surface area is 95.3 Å². The SMILES string of the molecule is C=C/C=N/NC(=O)c1ccc(N(C)C)cc1. The van der Waals surface area contributed by atoms with Gasteiger partial charge in [0, 0.05) is 31.6 Å². The first-order chi connectivity index (χ1) is 7.65. The van der Waals surface area contributed by atoms with E-state index in [0.717, 1.165) is 5.69 Å². The average molecular weight is 217 g/mol. The van der Waals surface area contributed by atoms with E-state index in [1.807, 2.05) is 31.1 Å². The van der Waals surface area contributed by atoms with Crippen LogP contribution in [0.15, 0.2) is 42.0 Å². The molecule has 0 bridgehead atoms. The number of rotatable bonds is 4. The molecule has 84 valence electrons. The van der Waals surface area contributed by atoms with Crippen LogP contribution in [0.25, 0.3) is 0 Å². The second-order valence-electron chi connectivity index (χ2n) is 3.40. The molecule has 0 heterocycles. The number of anilines is 1.